The lowest BCUT2D eigenvalue weighted by atomic mass is 9.95. The Morgan fingerprint density at radius 1 is 1.52 bits per heavy atom. The van der Waals surface area contributed by atoms with Crippen molar-refractivity contribution in [2.75, 3.05) is 6.54 Å². The van der Waals surface area contributed by atoms with E-state index in [1.54, 1.807) is 0 Å². The normalized spacial score (nSPS) is 18.7. The number of nitrogens with one attached hydrogen (secondary N) is 1. The van der Waals surface area contributed by atoms with Crippen molar-refractivity contribution in [3.8, 4) is 0 Å². The SMILES string of the molecule is CCCNC(c1cc(C)c(Br)s1)C1CCc2cccnc21. The van der Waals surface area contributed by atoms with Gasteiger partial charge in [0.25, 0.3) is 0 Å². The molecule has 2 unspecified atom stereocenters. The highest BCUT2D eigenvalue weighted by Crippen LogP contribution is 2.43. The first-order valence-electron chi connectivity index (χ1n) is 7.63. The highest BCUT2D eigenvalue weighted by molar-refractivity contribution is 9.11. The molecule has 2 heterocycles. The number of hydrogen-bond acceptors (Lipinski definition) is 3. The van der Waals surface area contributed by atoms with Gasteiger partial charge in [-0.1, -0.05) is 13.0 Å². The second kappa shape index (κ2) is 6.59. The van der Waals surface area contributed by atoms with Crippen molar-refractivity contribution in [1.29, 1.82) is 0 Å². The number of fused-ring (bicyclic) bond motifs is 1. The summed E-state index contributed by atoms with van der Waals surface area (Å²) in [6.45, 7) is 5.44. The monoisotopic (exact) mass is 364 g/mol. The van der Waals surface area contributed by atoms with Crippen LogP contribution in [0.1, 0.15) is 53.4 Å². The molecule has 1 N–H and O–H groups in total. The van der Waals surface area contributed by atoms with Gasteiger partial charge in [-0.25, -0.2) is 0 Å². The van der Waals surface area contributed by atoms with Crippen molar-refractivity contribution in [1.82, 2.24) is 10.3 Å². The molecule has 0 bridgehead atoms. The van der Waals surface area contributed by atoms with Crippen molar-refractivity contribution in [2.24, 2.45) is 0 Å². The molecule has 1 aliphatic rings. The molecule has 0 aromatic carbocycles. The lowest BCUT2D eigenvalue weighted by Crippen LogP contribution is -2.26. The Morgan fingerprint density at radius 3 is 3.10 bits per heavy atom. The molecule has 0 amide bonds. The number of thiophene rings is 1. The zero-order chi connectivity index (χ0) is 14.8. The van der Waals surface area contributed by atoms with Crippen LogP contribution < -0.4 is 5.32 Å². The van der Waals surface area contributed by atoms with E-state index in [4.69, 9.17) is 0 Å². The van der Waals surface area contributed by atoms with Crippen LogP contribution in [0.3, 0.4) is 0 Å². The van der Waals surface area contributed by atoms with Crippen LogP contribution in [0, 0.1) is 6.92 Å². The van der Waals surface area contributed by atoms with Gasteiger partial charge in [-0.15, -0.1) is 11.3 Å². The van der Waals surface area contributed by atoms with E-state index >= 15 is 0 Å². The molecule has 2 atom stereocenters. The summed E-state index contributed by atoms with van der Waals surface area (Å²) in [6.07, 6.45) is 5.44. The third-order valence-electron chi connectivity index (χ3n) is 4.20. The van der Waals surface area contributed by atoms with Crippen molar-refractivity contribution in [3.05, 3.63) is 49.9 Å². The first-order chi connectivity index (χ1) is 10.2. The number of nitrogens with zero attached hydrogens (tertiary/aromatic N) is 1. The summed E-state index contributed by atoms with van der Waals surface area (Å²) in [6, 6.07) is 7.00. The zero-order valence-electron chi connectivity index (χ0n) is 12.5. The maximum Gasteiger partial charge on any atom is 0.0731 e. The van der Waals surface area contributed by atoms with E-state index in [9.17, 15) is 0 Å². The maximum atomic E-state index is 4.68. The number of halogens is 1. The summed E-state index contributed by atoms with van der Waals surface area (Å²) in [5.41, 5.74) is 4.06. The fourth-order valence-electron chi connectivity index (χ4n) is 3.15. The van der Waals surface area contributed by atoms with Crippen molar-refractivity contribution in [2.45, 2.75) is 45.1 Å². The third kappa shape index (κ3) is 3.08. The van der Waals surface area contributed by atoms with Gasteiger partial charge in [-0.3, -0.25) is 4.98 Å². The minimum Gasteiger partial charge on any atom is -0.309 e. The van der Waals surface area contributed by atoms with Crippen LogP contribution in [-0.2, 0) is 6.42 Å². The molecule has 0 radical (unpaired) electrons. The van der Waals surface area contributed by atoms with Gasteiger partial charge in [0.05, 0.1) is 3.79 Å². The van der Waals surface area contributed by atoms with Gasteiger partial charge in [0.1, 0.15) is 0 Å². The lowest BCUT2D eigenvalue weighted by molar-refractivity contribution is 0.443. The average molecular weight is 365 g/mol. The van der Waals surface area contributed by atoms with Crippen molar-refractivity contribution < 1.29 is 0 Å². The molecule has 1 aliphatic carbocycles. The van der Waals surface area contributed by atoms with Gasteiger partial charge in [0.15, 0.2) is 0 Å². The van der Waals surface area contributed by atoms with E-state index in [2.05, 4.69) is 58.3 Å². The third-order valence-corrected chi connectivity index (χ3v) is 6.42. The zero-order valence-corrected chi connectivity index (χ0v) is 14.9. The molecule has 0 aliphatic heterocycles. The van der Waals surface area contributed by atoms with Gasteiger partial charge in [0.2, 0.25) is 0 Å². The van der Waals surface area contributed by atoms with Crippen molar-refractivity contribution >= 4 is 27.3 Å². The smallest absolute Gasteiger partial charge is 0.0731 e. The van der Waals surface area contributed by atoms with Gasteiger partial charge in [-0.05, 0) is 71.9 Å². The van der Waals surface area contributed by atoms with Crippen LogP contribution in [-0.4, -0.2) is 11.5 Å². The number of pyridine rings is 1. The predicted octanol–water partition coefficient (Wildman–Crippen LogP) is 4.98. The van der Waals surface area contributed by atoms with Crippen LogP contribution in [0.25, 0.3) is 0 Å². The Hall–Kier alpha value is -0.710. The molecule has 0 fully saturated rings. The van der Waals surface area contributed by atoms with Crippen LogP contribution in [0.5, 0.6) is 0 Å². The minimum atomic E-state index is 0.385. The number of rotatable bonds is 5. The molecular weight excluding hydrogens is 344 g/mol. The van der Waals surface area contributed by atoms with E-state index in [0.29, 0.717) is 12.0 Å². The van der Waals surface area contributed by atoms with E-state index in [1.807, 2.05) is 17.5 Å². The Labute approximate surface area is 139 Å². The highest BCUT2D eigenvalue weighted by Gasteiger charge is 2.32. The number of hydrogen-bond donors (Lipinski definition) is 1. The van der Waals surface area contributed by atoms with Gasteiger partial charge in [0, 0.05) is 28.7 Å². The fraction of sp³-hybridized carbons (Fsp3) is 0.471. The molecule has 21 heavy (non-hydrogen) atoms. The Bertz CT molecular complexity index is 604. The number of aromatic nitrogens is 1. The van der Waals surface area contributed by atoms with Gasteiger partial charge < -0.3 is 5.32 Å². The number of aryl methyl sites for hydroxylation is 2. The Balaban J connectivity index is 1.93. The maximum absolute atomic E-state index is 4.68. The van der Waals surface area contributed by atoms with Crippen molar-refractivity contribution in [3.63, 3.8) is 0 Å². The molecule has 2 aromatic heterocycles. The molecule has 0 saturated carbocycles. The van der Waals surface area contributed by atoms with E-state index in [1.165, 1.54) is 31.9 Å². The van der Waals surface area contributed by atoms with Crippen LogP contribution in [0.2, 0.25) is 0 Å². The summed E-state index contributed by atoms with van der Waals surface area (Å²) in [5.74, 6) is 0.498. The Morgan fingerprint density at radius 2 is 2.38 bits per heavy atom. The lowest BCUT2D eigenvalue weighted by Gasteiger charge is -2.24. The summed E-state index contributed by atoms with van der Waals surface area (Å²) in [5, 5.41) is 3.76. The molecule has 2 aromatic rings. The van der Waals surface area contributed by atoms with Gasteiger partial charge in [-0.2, -0.15) is 0 Å². The molecular formula is C17H21BrN2S. The summed E-state index contributed by atoms with van der Waals surface area (Å²) in [7, 11) is 0. The topological polar surface area (TPSA) is 24.9 Å². The molecule has 0 saturated heterocycles. The summed E-state index contributed by atoms with van der Waals surface area (Å²) < 4.78 is 1.25. The Kier molecular flexibility index (Phi) is 4.77. The standard InChI is InChI=1S/C17H21BrN2S/c1-3-8-19-16(14-10-11(2)17(18)21-14)13-7-6-12-5-4-9-20-15(12)13/h4-5,9-10,13,16,19H,3,6-8H2,1-2H3. The van der Waals surface area contributed by atoms with Gasteiger partial charge >= 0.3 is 0 Å². The average Bonchev–Trinajstić information content (AvgIpc) is 3.05. The van der Waals surface area contributed by atoms with Crippen LogP contribution in [0.15, 0.2) is 28.2 Å². The quantitative estimate of drug-likeness (QED) is 0.808. The first-order valence-corrected chi connectivity index (χ1v) is 9.24. The van der Waals surface area contributed by atoms with Crippen LogP contribution >= 0.6 is 27.3 Å². The molecule has 4 heteroatoms. The van der Waals surface area contributed by atoms with E-state index in [0.717, 1.165) is 19.4 Å². The molecule has 3 rings (SSSR count). The summed E-state index contributed by atoms with van der Waals surface area (Å²) in [4.78, 5) is 6.10. The second-order valence-electron chi connectivity index (χ2n) is 5.73. The molecule has 2 nitrogen and oxygen atoms in total. The van der Waals surface area contributed by atoms with E-state index < -0.39 is 0 Å². The highest BCUT2D eigenvalue weighted by atomic mass is 79.9. The second-order valence-corrected chi connectivity index (χ2v) is 8.13. The van der Waals surface area contributed by atoms with Crippen LogP contribution in [0.4, 0.5) is 0 Å². The molecule has 112 valence electrons. The first kappa shape index (κ1) is 15.2. The predicted molar refractivity (Wildman–Crippen MR) is 93.1 cm³/mol. The molecule has 0 spiro atoms. The largest absolute Gasteiger partial charge is 0.309 e. The fourth-order valence-corrected chi connectivity index (χ4v) is 4.86. The van der Waals surface area contributed by atoms with E-state index in [-0.39, 0.29) is 0 Å². The summed E-state index contributed by atoms with van der Waals surface area (Å²) >= 11 is 5.53. The minimum absolute atomic E-state index is 0.385.